The van der Waals surface area contributed by atoms with Crippen molar-refractivity contribution in [2.24, 2.45) is 0 Å². The first kappa shape index (κ1) is 18.1. The highest BCUT2D eigenvalue weighted by Gasteiger charge is 2.18. The van der Waals surface area contributed by atoms with E-state index in [1.807, 2.05) is 31.2 Å². The predicted octanol–water partition coefficient (Wildman–Crippen LogP) is 3.30. The second kappa shape index (κ2) is 8.10. The zero-order valence-corrected chi connectivity index (χ0v) is 14.9. The SMILES string of the molecule is Cc1ccc(C(=O)CCN2CCN(c3ccc([N+](=O)[O-])cc3)CC2)cc1. The van der Waals surface area contributed by atoms with Gasteiger partial charge < -0.3 is 4.90 Å². The minimum atomic E-state index is -0.382. The van der Waals surface area contributed by atoms with Crippen molar-refractivity contribution in [3.05, 3.63) is 69.8 Å². The van der Waals surface area contributed by atoms with E-state index in [4.69, 9.17) is 0 Å². The maximum absolute atomic E-state index is 12.3. The number of non-ortho nitro benzene ring substituents is 1. The van der Waals surface area contributed by atoms with Crippen molar-refractivity contribution in [1.82, 2.24) is 4.90 Å². The summed E-state index contributed by atoms with van der Waals surface area (Å²) in [4.78, 5) is 27.2. The van der Waals surface area contributed by atoms with E-state index in [0.29, 0.717) is 6.42 Å². The molecule has 2 aromatic rings. The largest absolute Gasteiger partial charge is 0.369 e. The van der Waals surface area contributed by atoms with E-state index in [1.165, 1.54) is 0 Å². The van der Waals surface area contributed by atoms with Crippen molar-refractivity contribution in [3.8, 4) is 0 Å². The van der Waals surface area contributed by atoms with E-state index in [1.54, 1.807) is 24.3 Å². The molecule has 0 radical (unpaired) electrons. The van der Waals surface area contributed by atoms with Crippen molar-refractivity contribution < 1.29 is 9.72 Å². The van der Waals surface area contributed by atoms with Gasteiger partial charge in [0.1, 0.15) is 0 Å². The number of nitro benzene ring substituents is 1. The highest BCUT2D eigenvalue weighted by atomic mass is 16.6. The van der Waals surface area contributed by atoms with Crippen molar-refractivity contribution >= 4 is 17.2 Å². The molecular formula is C20H23N3O3. The van der Waals surface area contributed by atoms with E-state index in [2.05, 4.69) is 9.80 Å². The standard InChI is InChI=1S/C20H23N3O3/c1-16-2-4-17(5-3-16)20(24)10-11-21-12-14-22(15-13-21)18-6-8-19(9-7-18)23(25)26/h2-9H,10-15H2,1H3. The lowest BCUT2D eigenvalue weighted by atomic mass is 10.1. The van der Waals surface area contributed by atoms with Crippen LogP contribution in [0.25, 0.3) is 0 Å². The number of ketones is 1. The van der Waals surface area contributed by atoms with Crippen LogP contribution < -0.4 is 4.90 Å². The van der Waals surface area contributed by atoms with Gasteiger partial charge in [0.2, 0.25) is 0 Å². The summed E-state index contributed by atoms with van der Waals surface area (Å²) in [5.74, 6) is 0.183. The van der Waals surface area contributed by atoms with Gasteiger partial charge in [-0.25, -0.2) is 0 Å². The molecule has 0 aliphatic carbocycles. The molecule has 3 rings (SSSR count). The summed E-state index contributed by atoms with van der Waals surface area (Å²) in [6, 6.07) is 14.4. The maximum Gasteiger partial charge on any atom is 0.269 e. The molecule has 0 atom stereocenters. The van der Waals surface area contributed by atoms with Crippen molar-refractivity contribution in [2.75, 3.05) is 37.6 Å². The molecule has 0 amide bonds. The monoisotopic (exact) mass is 353 g/mol. The first-order valence-electron chi connectivity index (χ1n) is 8.84. The third-order valence-corrected chi connectivity index (χ3v) is 4.83. The fourth-order valence-electron chi connectivity index (χ4n) is 3.16. The molecule has 1 fully saturated rings. The molecule has 1 aliphatic heterocycles. The summed E-state index contributed by atoms with van der Waals surface area (Å²) in [5.41, 5.74) is 3.05. The van der Waals surface area contributed by atoms with Crippen LogP contribution in [0.1, 0.15) is 22.3 Å². The molecule has 136 valence electrons. The molecule has 0 spiro atoms. The Morgan fingerprint density at radius 2 is 1.62 bits per heavy atom. The Bertz CT molecular complexity index is 764. The van der Waals surface area contributed by atoms with Gasteiger partial charge in [0.05, 0.1) is 4.92 Å². The van der Waals surface area contributed by atoms with E-state index >= 15 is 0 Å². The minimum Gasteiger partial charge on any atom is -0.369 e. The molecule has 0 N–H and O–H groups in total. The molecular weight excluding hydrogens is 330 g/mol. The first-order chi connectivity index (χ1) is 12.5. The topological polar surface area (TPSA) is 66.7 Å². The Kier molecular flexibility index (Phi) is 5.63. The van der Waals surface area contributed by atoms with Crippen LogP contribution in [0.2, 0.25) is 0 Å². The van der Waals surface area contributed by atoms with Crippen molar-refractivity contribution in [3.63, 3.8) is 0 Å². The Morgan fingerprint density at radius 1 is 1.00 bits per heavy atom. The number of benzene rings is 2. The Labute approximate surface area is 153 Å². The molecule has 1 saturated heterocycles. The number of hydrogen-bond acceptors (Lipinski definition) is 5. The van der Waals surface area contributed by atoms with Gasteiger partial charge in [0.15, 0.2) is 5.78 Å². The average Bonchev–Trinajstić information content (AvgIpc) is 2.67. The van der Waals surface area contributed by atoms with E-state index < -0.39 is 0 Å². The van der Waals surface area contributed by atoms with Gasteiger partial charge in [0.25, 0.3) is 5.69 Å². The molecule has 6 nitrogen and oxygen atoms in total. The van der Waals surface area contributed by atoms with E-state index in [0.717, 1.165) is 49.5 Å². The molecule has 0 saturated carbocycles. The summed E-state index contributed by atoms with van der Waals surface area (Å²) in [6.45, 7) is 6.27. The van der Waals surface area contributed by atoms with Crippen LogP contribution >= 0.6 is 0 Å². The second-order valence-corrected chi connectivity index (χ2v) is 6.64. The molecule has 0 unspecified atom stereocenters. The smallest absolute Gasteiger partial charge is 0.269 e. The molecule has 0 aromatic heterocycles. The number of hydrogen-bond donors (Lipinski definition) is 0. The fraction of sp³-hybridized carbons (Fsp3) is 0.350. The van der Waals surface area contributed by atoms with Crippen LogP contribution in [-0.2, 0) is 0 Å². The number of rotatable bonds is 6. The summed E-state index contributed by atoms with van der Waals surface area (Å²) in [5, 5.41) is 10.7. The Balaban J connectivity index is 1.47. The Hall–Kier alpha value is -2.73. The zero-order chi connectivity index (χ0) is 18.5. The Morgan fingerprint density at radius 3 is 2.19 bits per heavy atom. The average molecular weight is 353 g/mol. The van der Waals surface area contributed by atoms with Gasteiger partial charge in [0, 0.05) is 62.5 Å². The predicted molar refractivity (Wildman–Crippen MR) is 102 cm³/mol. The summed E-state index contributed by atoms with van der Waals surface area (Å²) >= 11 is 0. The second-order valence-electron chi connectivity index (χ2n) is 6.64. The maximum atomic E-state index is 12.3. The summed E-state index contributed by atoms with van der Waals surface area (Å²) in [6.07, 6.45) is 0.528. The number of piperazine rings is 1. The number of anilines is 1. The molecule has 0 bridgehead atoms. The lowest BCUT2D eigenvalue weighted by Gasteiger charge is -2.36. The number of nitrogens with zero attached hydrogens (tertiary/aromatic N) is 3. The van der Waals surface area contributed by atoms with Gasteiger partial charge in [-0.2, -0.15) is 0 Å². The van der Waals surface area contributed by atoms with Crippen LogP contribution in [0.15, 0.2) is 48.5 Å². The molecule has 26 heavy (non-hydrogen) atoms. The van der Waals surface area contributed by atoms with Crippen molar-refractivity contribution in [2.45, 2.75) is 13.3 Å². The number of Topliss-reactive ketones (excluding diaryl/α,β-unsaturated/α-hetero) is 1. The third kappa shape index (κ3) is 4.46. The zero-order valence-electron chi connectivity index (χ0n) is 14.9. The molecule has 6 heteroatoms. The number of nitro groups is 1. The third-order valence-electron chi connectivity index (χ3n) is 4.83. The van der Waals surface area contributed by atoms with Crippen LogP contribution in [-0.4, -0.2) is 48.3 Å². The lowest BCUT2D eigenvalue weighted by molar-refractivity contribution is -0.384. The first-order valence-corrected chi connectivity index (χ1v) is 8.84. The van der Waals surface area contributed by atoms with Gasteiger partial charge in [-0.05, 0) is 19.1 Å². The molecule has 1 aliphatic rings. The van der Waals surface area contributed by atoms with Gasteiger partial charge in [-0.1, -0.05) is 29.8 Å². The van der Waals surface area contributed by atoms with Gasteiger partial charge >= 0.3 is 0 Å². The van der Waals surface area contributed by atoms with Crippen LogP contribution in [0.4, 0.5) is 11.4 Å². The van der Waals surface area contributed by atoms with Gasteiger partial charge in [-0.15, -0.1) is 0 Å². The number of aryl methyl sites for hydroxylation is 1. The van der Waals surface area contributed by atoms with Crippen LogP contribution in [0, 0.1) is 17.0 Å². The van der Waals surface area contributed by atoms with Crippen LogP contribution in [0.3, 0.4) is 0 Å². The van der Waals surface area contributed by atoms with Crippen LogP contribution in [0.5, 0.6) is 0 Å². The highest BCUT2D eigenvalue weighted by molar-refractivity contribution is 5.96. The summed E-state index contributed by atoms with van der Waals surface area (Å²) < 4.78 is 0. The van der Waals surface area contributed by atoms with Crippen molar-refractivity contribution in [1.29, 1.82) is 0 Å². The van der Waals surface area contributed by atoms with E-state index in [-0.39, 0.29) is 16.4 Å². The van der Waals surface area contributed by atoms with Gasteiger partial charge in [-0.3, -0.25) is 19.8 Å². The quantitative estimate of drug-likeness (QED) is 0.453. The fourth-order valence-corrected chi connectivity index (χ4v) is 3.16. The lowest BCUT2D eigenvalue weighted by Crippen LogP contribution is -2.46. The number of carbonyl (C=O) groups is 1. The summed E-state index contributed by atoms with van der Waals surface area (Å²) in [7, 11) is 0. The minimum absolute atomic E-state index is 0.113. The molecule has 1 heterocycles. The highest BCUT2D eigenvalue weighted by Crippen LogP contribution is 2.20. The normalized spacial score (nSPS) is 15.0. The van der Waals surface area contributed by atoms with E-state index in [9.17, 15) is 14.9 Å². The number of carbonyl (C=O) groups excluding carboxylic acids is 1. The molecule has 2 aromatic carbocycles.